The first kappa shape index (κ1) is 18.4. The number of hydrogen-bond acceptors (Lipinski definition) is 3. The van der Waals surface area contributed by atoms with Gasteiger partial charge in [-0.25, -0.2) is 0 Å². The van der Waals surface area contributed by atoms with Crippen molar-refractivity contribution >= 4 is 0 Å². The van der Waals surface area contributed by atoms with Crippen LogP contribution in [0.2, 0.25) is 0 Å². The summed E-state index contributed by atoms with van der Waals surface area (Å²) in [6.45, 7) is 7.63. The number of nitrogens with one attached hydrogen (secondary N) is 1. The molecular weight excluding hydrogens is 284 g/mol. The summed E-state index contributed by atoms with van der Waals surface area (Å²) in [5.74, 6) is 0.825. The first-order chi connectivity index (χ1) is 10.9. The minimum Gasteiger partial charge on any atom is -0.390 e. The normalized spacial score (nSPS) is 25.1. The van der Waals surface area contributed by atoms with E-state index in [2.05, 4.69) is 38.2 Å². The van der Waals surface area contributed by atoms with Crippen LogP contribution in [-0.4, -0.2) is 29.8 Å². The Labute approximate surface area is 141 Å². The topological polar surface area (TPSA) is 58.3 Å². The number of aliphatic hydroxyl groups excluding tert-OH is 1. The molecule has 1 aromatic carbocycles. The van der Waals surface area contributed by atoms with Gasteiger partial charge in [0.15, 0.2) is 0 Å². The summed E-state index contributed by atoms with van der Waals surface area (Å²) in [4.78, 5) is 0. The molecule has 1 aromatic rings. The average molecular weight is 319 g/mol. The second-order valence-corrected chi connectivity index (χ2v) is 8.24. The lowest BCUT2D eigenvalue weighted by Gasteiger charge is -2.37. The fraction of sp³-hybridized carbons (Fsp3) is 0.700. The fourth-order valence-electron chi connectivity index (χ4n) is 3.62. The molecule has 0 bridgehead atoms. The standard InChI is InChI=1S/C20H34N2O/c1-20(2,3)16-9-11-17(12-10-16)22-14-19(23)18(21)13-15-7-5-4-6-8-15/h4-8,16-19,22-23H,9-14,21H2,1-3H3/t16?,17?,18-,19+/m0/s1. The van der Waals surface area contributed by atoms with Crippen molar-refractivity contribution < 1.29 is 5.11 Å². The molecule has 1 aliphatic carbocycles. The summed E-state index contributed by atoms with van der Waals surface area (Å²) in [6.07, 6.45) is 5.22. The van der Waals surface area contributed by atoms with E-state index in [0.29, 0.717) is 18.0 Å². The highest BCUT2D eigenvalue weighted by atomic mass is 16.3. The van der Waals surface area contributed by atoms with Gasteiger partial charge in [-0.15, -0.1) is 0 Å². The van der Waals surface area contributed by atoms with Crippen LogP contribution in [0.1, 0.15) is 52.0 Å². The molecule has 1 aliphatic rings. The maximum atomic E-state index is 10.3. The first-order valence-electron chi connectivity index (χ1n) is 9.07. The van der Waals surface area contributed by atoms with Crippen molar-refractivity contribution in [2.24, 2.45) is 17.1 Å². The molecular formula is C20H34N2O. The van der Waals surface area contributed by atoms with E-state index < -0.39 is 6.10 Å². The Bertz CT molecular complexity index is 446. The number of aliphatic hydroxyl groups is 1. The Morgan fingerprint density at radius 3 is 2.30 bits per heavy atom. The highest BCUT2D eigenvalue weighted by Gasteiger charge is 2.29. The Morgan fingerprint density at radius 1 is 1.13 bits per heavy atom. The van der Waals surface area contributed by atoms with Gasteiger partial charge in [-0.3, -0.25) is 0 Å². The van der Waals surface area contributed by atoms with E-state index in [1.54, 1.807) is 0 Å². The van der Waals surface area contributed by atoms with E-state index in [1.165, 1.54) is 31.2 Å². The average Bonchev–Trinajstić information content (AvgIpc) is 2.53. The third-order valence-corrected chi connectivity index (χ3v) is 5.38. The summed E-state index contributed by atoms with van der Waals surface area (Å²) >= 11 is 0. The molecule has 0 unspecified atom stereocenters. The monoisotopic (exact) mass is 318 g/mol. The summed E-state index contributed by atoms with van der Waals surface area (Å²) in [6, 6.07) is 10.5. The van der Waals surface area contributed by atoms with Crippen molar-refractivity contribution in [2.45, 2.75) is 71.1 Å². The van der Waals surface area contributed by atoms with Crippen LogP contribution in [0.4, 0.5) is 0 Å². The van der Waals surface area contributed by atoms with Crippen molar-refractivity contribution in [1.82, 2.24) is 5.32 Å². The van der Waals surface area contributed by atoms with Crippen LogP contribution in [0, 0.1) is 11.3 Å². The summed E-state index contributed by atoms with van der Waals surface area (Å²) in [5.41, 5.74) is 7.76. The van der Waals surface area contributed by atoms with Gasteiger partial charge in [0.25, 0.3) is 0 Å². The molecule has 130 valence electrons. The second kappa shape index (κ2) is 8.27. The molecule has 0 radical (unpaired) electrons. The summed E-state index contributed by atoms with van der Waals surface area (Å²) in [5, 5.41) is 13.8. The lowest BCUT2D eigenvalue weighted by Crippen LogP contribution is -2.46. The van der Waals surface area contributed by atoms with Crippen LogP contribution in [-0.2, 0) is 6.42 Å². The predicted molar refractivity (Wildman–Crippen MR) is 97.3 cm³/mol. The smallest absolute Gasteiger partial charge is 0.0818 e. The third-order valence-electron chi connectivity index (χ3n) is 5.38. The van der Waals surface area contributed by atoms with Crippen LogP contribution in [0.15, 0.2) is 30.3 Å². The van der Waals surface area contributed by atoms with Gasteiger partial charge in [-0.2, -0.15) is 0 Å². The van der Waals surface area contributed by atoms with Crippen LogP contribution in [0.5, 0.6) is 0 Å². The molecule has 0 aliphatic heterocycles. The van der Waals surface area contributed by atoms with Gasteiger partial charge in [0, 0.05) is 18.6 Å². The van der Waals surface area contributed by atoms with Crippen molar-refractivity contribution in [1.29, 1.82) is 0 Å². The minimum absolute atomic E-state index is 0.212. The summed E-state index contributed by atoms with van der Waals surface area (Å²) in [7, 11) is 0. The van der Waals surface area contributed by atoms with Crippen LogP contribution in [0.3, 0.4) is 0 Å². The van der Waals surface area contributed by atoms with Crippen molar-refractivity contribution in [2.75, 3.05) is 6.54 Å². The molecule has 0 amide bonds. The van der Waals surface area contributed by atoms with Crippen LogP contribution < -0.4 is 11.1 Å². The first-order valence-corrected chi connectivity index (χ1v) is 9.07. The molecule has 0 spiro atoms. The molecule has 4 N–H and O–H groups in total. The molecule has 3 heteroatoms. The van der Waals surface area contributed by atoms with Gasteiger partial charge in [0.05, 0.1) is 6.10 Å². The van der Waals surface area contributed by atoms with Crippen LogP contribution >= 0.6 is 0 Å². The SMILES string of the molecule is CC(C)(C)C1CCC(NC[C@@H](O)[C@@H](N)Cc2ccccc2)CC1. The Hall–Kier alpha value is -0.900. The van der Waals surface area contributed by atoms with E-state index in [0.717, 1.165) is 12.3 Å². The van der Waals surface area contributed by atoms with Gasteiger partial charge >= 0.3 is 0 Å². The Morgan fingerprint density at radius 2 is 1.74 bits per heavy atom. The fourth-order valence-corrected chi connectivity index (χ4v) is 3.62. The van der Waals surface area contributed by atoms with E-state index in [1.807, 2.05) is 18.2 Å². The molecule has 1 saturated carbocycles. The van der Waals surface area contributed by atoms with E-state index in [-0.39, 0.29) is 6.04 Å². The zero-order valence-electron chi connectivity index (χ0n) is 15.0. The highest BCUT2D eigenvalue weighted by Crippen LogP contribution is 2.37. The number of nitrogens with two attached hydrogens (primary N) is 1. The van der Waals surface area contributed by atoms with Gasteiger partial charge in [0.2, 0.25) is 0 Å². The maximum absolute atomic E-state index is 10.3. The lowest BCUT2D eigenvalue weighted by atomic mass is 9.71. The quantitative estimate of drug-likeness (QED) is 0.755. The molecule has 23 heavy (non-hydrogen) atoms. The molecule has 2 rings (SSSR count). The number of hydrogen-bond donors (Lipinski definition) is 3. The van der Waals surface area contributed by atoms with Crippen molar-refractivity contribution in [3.8, 4) is 0 Å². The third kappa shape index (κ3) is 5.91. The number of benzene rings is 1. The van der Waals surface area contributed by atoms with Crippen LogP contribution in [0.25, 0.3) is 0 Å². The van der Waals surface area contributed by atoms with Gasteiger partial charge < -0.3 is 16.2 Å². The minimum atomic E-state index is -0.490. The van der Waals surface area contributed by atoms with E-state index in [9.17, 15) is 5.11 Å². The molecule has 0 saturated heterocycles. The molecule has 0 heterocycles. The van der Waals surface area contributed by atoms with Gasteiger partial charge in [-0.1, -0.05) is 51.1 Å². The Kier molecular flexibility index (Phi) is 6.63. The lowest BCUT2D eigenvalue weighted by molar-refractivity contribution is 0.122. The van der Waals surface area contributed by atoms with E-state index in [4.69, 9.17) is 5.73 Å². The van der Waals surface area contributed by atoms with Gasteiger partial charge in [-0.05, 0) is 49.0 Å². The molecule has 3 nitrogen and oxygen atoms in total. The van der Waals surface area contributed by atoms with E-state index >= 15 is 0 Å². The Balaban J connectivity index is 1.69. The second-order valence-electron chi connectivity index (χ2n) is 8.24. The summed E-state index contributed by atoms with van der Waals surface area (Å²) < 4.78 is 0. The maximum Gasteiger partial charge on any atom is 0.0818 e. The largest absolute Gasteiger partial charge is 0.390 e. The predicted octanol–water partition coefficient (Wildman–Crippen LogP) is 3.11. The molecule has 2 atom stereocenters. The zero-order valence-corrected chi connectivity index (χ0v) is 15.0. The molecule has 0 aromatic heterocycles. The molecule has 1 fully saturated rings. The van der Waals surface area contributed by atoms with Crippen molar-refractivity contribution in [3.05, 3.63) is 35.9 Å². The zero-order chi connectivity index (χ0) is 16.9. The van der Waals surface area contributed by atoms with Crippen molar-refractivity contribution in [3.63, 3.8) is 0 Å². The van der Waals surface area contributed by atoms with Gasteiger partial charge in [0.1, 0.15) is 0 Å². The number of rotatable bonds is 6. The highest BCUT2D eigenvalue weighted by molar-refractivity contribution is 5.16.